The van der Waals surface area contributed by atoms with Gasteiger partial charge < -0.3 is 17.2 Å². The van der Waals surface area contributed by atoms with Crippen LogP contribution in [0.4, 0.5) is 5.69 Å². The topological polar surface area (TPSA) is 130 Å². The summed E-state index contributed by atoms with van der Waals surface area (Å²) in [5.74, 6) is -1.31. The van der Waals surface area contributed by atoms with Crippen molar-refractivity contribution in [2.24, 2.45) is 11.5 Å². The molecule has 0 aromatic carbocycles. The van der Waals surface area contributed by atoms with E-state index in [0.717, 1.165) is 4.68 Å². The maximum Gasteiger partial charge on any atom is 0.271 e. The third-order valence-corrected chi connectivity index (χ3v) is 1.34. The number of amides is 2. The first kappa shape index (κ1) is 9.04. The van der Waals surface area contributed by atoms with Crippen molar-refractivity contribution in [2.45, 2.75) is 6.54 Å². The molecule has 0 unspecified atom stereocenters. The Balaban J connectivity index is 2.95. The molecule has 6 N–H and O–H groups in total. The number of nitrogens with two attached hydrogens (primary N) is 3. The molecule has 7 nitrogen and oxygen atoms in total. The summed E-state index contributed by atoms with van der Waals surface area (Å²) in [6.07, 6.45) is 1.32. The summed E-state index contributed by atoms with van der Waals surface area (Å²) >= 11 is 0. The van der Waals surface area contributed by atoms with Crippen LogP contribution < -0.4 is 17.2 Å². The zero-order valence-electron chi connectivity index (χ0n) is 6.73. The minimum atomic E-state index is -0.735. The fraction of sp³-hybridized carbons (Fsp3) is 0.167. The van der Waals surface area contributed by atoms with E-state index in [1.165, 1.54) is 6.20 Å². The Morgan fingerprint density at radius 1 is 1.46 bits per heavy atom. The fourth-order valence-electron chi connectivity index (χ4n) is 0.869. The summed E-state index contributed by atoms with van der Waals surface area (Å²) in [6, 6.07) is 0. The molecule has 0 spiro atoms. The lowest BCUT2D eigenvalue weighted by atomic mass is 10.4. The van der Waals surface area contributed by atoms with Crippen molar-refractivity contribution in [3.05, 3.63) is 11.9 Å². The van der Waals surface area contributed by atoms with Crippen molar-refractivity contribution >= 4 is 17.5 Å². The molecule has 2 amide bonds. The van der Waals surface area contributed by atoms with E-state index in [1.54, 1.807) is 0 Å². The van der Waals surface area contributed by atoms with E-state index in [9.17, 15) is 9.59 Å². The third kappa shape index (κ3) is 1.95. The van der Waals surface area contributed by atoms with Gasteiger partial charge in [-0.15, -0.1) is 0 Å². The molecule has 1 aromatic rings. The molecular formula is C6H9N5O2. The molecule has 0 saturated carbocycles. The molecule has 0 radical (unpaired) electrons. The Morgan fingerprint density at radius 3 is 2.46 bits per heavy atom. The van der Waals surface area contributed by atoms with Crippen molar-refractivity contribution in [3.63, 3.8) is 0 Å². The minimum Gasteiger partial charge on any atom is -0.396 e. The van der Waals surface area contributed by atoms with Crippen LogP contribution in [0.5, 0.6) is 0 Å². The fourth-order valence-corrected chi connectivity index (χ4v) is 0.869. The van der Waals surface area contributed by atoms with Gasteiger partial charge in [-0.25, -0.2) is 0 Å². The molecule has 0 fully saturated rings. The van der Waals surface area contributed by atoms with Crippen molar-refractivity contribution in [3.8, 4) is 0 Å². The first-order valence-corrected chi connectivity index (χ1v) is 3.41. The average Bonchev–Trinajstić information content (AvgIpc) is 2.29. The van der Waals surface area contributed by atoms with E-state index in [0.29, 0.717) is 0 Å². The lowest BCUT2D eigenvalue weighted by Gasteiger charge is -1.93. The number of nitrogens with zero attached hydrogens (tertiary/aromatic N) is 2. The quantitative estimate of drug-likeness (QED) is 0.502. The smallest absolute Gasteiger partial charge is 0.271 e. The van der Waals surface area contributed by atoms with E-state index >= 15 is 0 Å². The molecule has 0 atom stereocenters. The molecule has 0 bridgehead atoms. The second-order valence-corrected chi connectivity index (χ2v) is 2.46. The molecule has 1 rings (SSSR count). The van der Waals surface area contributed by atoms with Crippen LogP contribution in [0, 0.1) is 0 Å². The number of aromatic nitrogens is 2. The van der Waals surface area contributed by atoms with Crippen LogP contribution in [0.2, 0.25) is 0 Å². The largest absolute Gasteiger partial charge is 0.396 e. The number of hydrogen-bond acceptors (Lipinski definition) is 4. The minimum absolute atomic E-state index is 0.0544. The van der Waals surface area contributed by atoms with Gasteiger partial charge in [-0.05, 0) is 0 Å². The van der Waals surface area contributed by atoms with Gasteiger partial charge in [0, 0.05) is 6.20 Å². The highest BCUT2D eigenvalue weighted by atomic mass is 16.1. The van der Waals surface area contributed by atoms with Crippen molar-refractivity contribution < 1.29 is 9.59 Å². The highest BCUT2D eigenvalue weighted by Crippen LogP contribution is 2.07. The van der Waals surface area contributed by atoms with Gasteiger partial charge in [0.2, 0.25) is 5.91 Å². The monoisotopic (exact) mass is 183 g/mol. The first-order valence-electron chi connectivity index (χ1n) is 3.41. The Kier molecular flexibility index (Phi) is 2.18. The van der Waals surface area contributed by atoms with E-state index < -0.39 is 11.8 Å². The van der Waals surface area contributed by atoms with Gasteiger partial charge in [0.1, 0.15) is 6.54 Å². The molecule has 1 heterocycles. The summed E-state index contributed by atoms with van der Waals surface area (Å²) in [5.41, 5.74) is 15.3. The SMILES string of the molecule is NC(=O)Cn1cc(N)c(C(N)=O)n1. The second-order valence-electron chi connectivity index (χ2n) is 2.46. The van der Waals surface area contributed by atoms with Gasteiger partial charge in [0.25, 0.3) is 5.91 Å². The van der Waals surface area contributed by atoms with Crippen LogP contribution in [0.3, 0.4) is 0 Å². The molecule has 0 saturated heterocycles. The van der Waals surface area contributed by atoms with Gasteiger partial charge in [-0.3, -0.25) is 14.3 Å². The molecule has 0 aliphatic heterocycles. The summed E-state index contributed by atoms with van der Waals surface area (Å²) in [4.78, 5) is 21.1. The number of nitrogen functional groups attached to an aromatic ring is 1. The van der Waals surface area contributed by atoms with Crippen LogP contribution in [0.15, 0.2) is 6.20 Å². The van der Waals surface area contributed by atoms with Crippen LogP contribution in [-0.4, -0.2) is 21.6 Å². The molecule has 1 aromatic heterocycles. The number of carbonyl (C=O) groups is 2. The zero-order valence-corrected chi connectivity index (χ0v) is 6.73. The normalized spacial score (nSPS) is 9.85. The van der Waals surface area contributed by atoms with E-state index in [4.69, 9.17) is 17.2 Å². The molecule has 13 heavy (non-hydrogen) atoms. The Morgan fingerprint density at radius 2 is 2.08 bits per heavy atom. The van der Waals surface area contributed by atoms with Crippen LogP contribution in [-0.2, 0) is 11.3 Å². The van der Waals surface area contributed by atoms with Gasteiger partial charge >= 0.3 is 0 Å². The van der Waals surface area contributed by atoms with Crippen LogP contribution in [0.1, 0.15) is 10.5 Å². The lowest BCUT2D eigenvalue weighted by Crippen LogP contribution is -2.20. The standard InChI is InChI=1S/C6H9N5O2/c7-3-1-11(2-4(8)12)10-5(3)6(9)13/h1H,2,7H2,(H2,8,12)(H2,9,13). The maximum atomic E-state index is 10.7. The number of primary amides is 2. The number of rotatable bonds is 3. The van der Waals surface area contributed by atoms with Gasteiger partial charge in [0.15, 0.2) is 5.69 Å². The van der Waals surface area contributed by atoms with Crippen molar-refractivity contribution in [2.75, 3.05) is 5.73 Å². The second kappa shape index (κ2) is 3.13. The predicted octanol–water partition coefficient (Wildman–Crippen LogP) is -1.95. The number of anilines is 1. The van der Waals surface area contributed by atoms with Crippen molar-refractivity contribution in [1.82, 2.24) is 9.78 Å². The van der Waals surface area contributed by atoms with Crippen LogP contribution >= 0.6 is 0 Å². The third-order valence-electron chi connectivity index (χ3n) is 1.34. The van der Waals surface area contributed by atoms with E-state index in [2.05, 4.69) is 5.10 Å². The van der Waals surface area contributed by atoms with E-state index in [-0.39, 0.29) is 17.9 Å². The highest BCUT2D eigenvalue weighted by molar-refractivity contribution is 5.95. The molecule has 0 aliphatic carbocycles. The average molecular weight is 183 g/mol. The zero-order chi connectivity index (χ0) is 10.0. The molecular weight excluding hydrogens is 174 g/mol. The molecule has 70 valence electrons. The van der Waals surface area contributed by atoms with Crippen LogP contribution in [0.25, 0.3) is 0 Å². The van der Waals surface area contributed by atoms with Gasteiger partial charge in [-0.1, -0.05) is 0 Å². The summed E-state index contributed by atoms with van der Waals surface area (Å²) in [6.45, 7) is -0.128. The first-order chi connectivity index (χ1) is 6.00. The highest BCUT2D eigenvalue weighted by Gasteiger charge is 2.11. The summed E-state index contributed by atoms with van der Waals surface area (Å²) < 4.78 is 1.16. The summed E-state index contributed by atoms with van der Waals surface area (Å²) in [5, 5.41) is 3.67. The maximum absolute atomic E-state index is 10.7. The lowest BCUT2D eigenvalue weighted by molar-refractivity contribution is -0.118. The molecule has 7 heteroatoms. The molecule has 0 aliphatic rings. The summed E-state index contributed by atoms with van der Waals surface area (Å²) in [7, 11) is 0. The Bertz CT molecular complexity index is 356. The van der Waals surface area contributed by atoms with Gasteiger partial charge in [-0.2, -0.15) is 5.10 Å². The Hall–Kier alpha value is -2.05. The number of hydrogen-bond donors (Lipinski definition) is 3. The van der Waals surface area contributed by atoms with Gasteiger partial charge in [0.05, 0.1) is 5.69 Å². The van der Waals surface area contributed by atoms with E-state index in [1.807, 2.05) is 0 Å². The Labute approximate surface area is 73.5 Å². The van der Waals surface area contributed by atoms with Crippen molar-refractivity contribution in [1.29, 1.82) is 0 Å². The predicted molar refractivity (Wildman–Crippen MR) is 44.4 cm³/mol. The number of carbonyl (C=O) groups excluding carboxylic acids is 2.